The fourth-order valence-electron chi connectivity index (χ4n) is 3.08. The Morgan fingerprint density at radius 1 is 1.26 bits per heavy atom. The van der Waals surface area contributed by atoms with Crippen molar-refractivity contribution in [2.24, 2.45) is 0 Å². The largest absolute Gasteiger partial charge is 0.297 e. The van der Waals surface area contributed by atoms with E-state index in [1.54, 1.807) is 0 Å². The van der Waals surface area contributed by atoms with Gasteiger partial charge in [-0.3, -0.25) is 9.69 Å². The lowest BCUT2D eigenvalue weighted by atomic mass is 10.1. The smallest absolute Gasteiger partial charge is 0.164 e. The molecule has 0 saturated carbocycles. The molecular formula is C17H25NO. The van der Waals surface area contributed by atoms with Crippen LogP contribution in [0.3, 0.4) is 0 Å². The number of aryl methyl sites for hydroxylation is 1. The summed E-state index contributed by atoms with van der Waals surface area (Å²) in [4.78, 5) is 14.7. The molecule has 0 radical (unpaired) electrons. The maximum Gasteiger partial charge on any atom is 0.164 e. The number of Topliss-reactive ketones (excluding diaryl/α,β-unsaturated/α-hetero) is 1. The SMILES string of the molecule is CCC1CCC(C)N1CCC(=O)c1ccc(C)cc1. The fraction of sp³-hybridized carbons (Fsp3) is 0.588. The minimum absolute atomic E-state index is 0.272. The van der Waals surface area contributed by atoms with Crippen LogP contribution >= 0.6 is 0 Å². The van der Waals surface area contributed by atoms with Crippen molar-refractivity contribution < 1.29 is 4.79 Å². The van der Waals surface area contributed by atoms with Crippen LogP contribution in [0.4, 0.5) is 0 Å². The molecule has 2 atom stereocenters. The van der Waals surface area contributed by atoms with E-state index in [9.17, 15) is 4.79 Å². The Morgan fingerprint density at radius 2 is 1.95 bits per heavy atom. The molecule has 0 amide bonds. The molecule has 2 nitrogen and oxygen atoms in total. The van der Waals surface area contributed by atoms with E-state index in [4.69, 9.17) is 0 Å². The zero-order chi connectivity index (χ0) is 13.8. The van der Waals surface area contributed by atoms with E-state index in [1.807, 2.05) is 31.2 Å². The van der Waals surface area contributed by atoms with Gasteiger partial charge in [-0.25, -0.2) is 0 Å². The average Bonchev–Trinajstić information content (AvgIpc) is 2.77. The number of rotatable bonds is 5. The van der Waals surface area contributed by atoms with Crippen molar-refractivity contribution in [2.75, 3.05) is 6.54 Å². The molecule has 2 heteroatoms. The normalized spacial score (nSPS) is 23.7. The van der Waals surface area contributed by atoms with Crippen LogP contribution in [-0.4, -0.2) is 29.3 Å². The van der Waals surface area contributed by atoms with Crippen molar-refractivity contribution in [3.63, 3.8) is 0 Å². The number of ketones is 1. The predicted molar refractivity (Wildman–Crippen MR) is 79.6 cm³/mol. The molecule has 2 rings (SSSR count). The highest BCUT2D eigenvalue weighted by atomic mass is 16.1. The van der Waals surface area contributed by atoms with E-state index >= 15 is 0 Å². The molecule has 1 aromatic carbocycles. The molecule has 1 aromatic rings. The zero-order valence-corrected chi connectivity index (χ0v) is 12.4. The van der Waals surface area contributed by atoms with Crippen molar-refractivity contribution in [1.82, 2.24) is 4.90 Å². The van der Waals surface area contributed by atoms with E-state index in [-0.39, 0.29) is 5.78 Å². The predicted octanol–water partition coefficient (Wildman–Crippen LogP) is 3.83. The standard InChI is InChI=1S/C17H25NO/c1-4-16-10-7-14(3)18(16)12-11-17(19)15-8-5-13(2)6-9-15/h5-6,8-9,14,16H,4,7,10-12H2,1-3H3. The van der Waals surface area contributed by atoms with Gasteiger partial charge in [0.05, 0.1) is 0 Å². The molecule has 1 aliphatic rings. The lowest BCUT2D eigenvalue weighted by molar-refractivity contribution is 0.0949. The molecule has 104 valence electrons. The molecule has 0 aromatic heterocycles. The number of benzene rings is 1. The summed E-state index contributed by atoms with van der Waals surface area (Å²) in [6, 6.07) is 9.24. The first-order chi connectivity index (χ1) is 9.11. The monoisotopic (exact) mass is 259 g/mol. The summed E-state index contributed by atoms with van der Waals surface area (Å²) in [5.41, 5.74) is 2.06. The Balaban J connectivity index is 1.91. The Bertz CT molecular complexity index is 423. The molecule has 1 saturated heterocycles. The van der Waals surface area contributed by atoms with Crippen LogP contribution in [0.1, 0.15) is 55.5 Å². The first-order valence-electron chi connectivity index (χ1n) is 7.47. The lowest BCUT2D eigenvalue weighted by Crippen LogP contribution is -2.35. The first-order valence-corrected chi connectivity index (χ1v) is 7.47. The molecule has 2 unspecified atom stereocenters. The van der Waals surface area contributed by atoms with Gasteiger partial charge in [0.1, 0.15) is 0 Å². The molecule has 0 bridgehead atoms. The highest BCUT2D eigenvalue weighted by Gasteiger charge is 2.29. The minimum atomic E-state index is 0.272. The Kier molecular flexibility index (Phi) is 4.76. The molecule has 1 fully saturated rings. The van der Waals surface area contributed by atoms with Gasteiger partial charge in [0.25, 0.3) is 0 Å². The maximum absolute atomic E-state index is 12.2. The molecule has 1 aliphatic heterocycles. The number of carbonyl (C=O) groups excluding carboxylic acids is 1. The van der Waals surface area contributed by atoms with Crippen molar-refractivity contribution in [1.29, 1.82) is 0 Å². The van der Waals surface area contributed by atoms with E-state index in [2.05, 4.69) is 18.7 Å². The third kappa shape index (κ3) is 3.44. The van der Waals surface area contributed by atoms with E-state index < -0.39 is 0 Å². The maximum atomic E-state index is 12.2. The van der Waals surface area contributed by atoms with Gasteiger partial charge >= 0.3 is 0 Å². The summed E-state index contributed by atoms with van der Waals surface area (Å²) in [6.07, 6.45) is 4.40. The van der Waals surface area contributed by atoms with Crippen molar-refractivity contribution in [2.45, 2.75) is 58.5 Å². The number of nitrogens with zero attached hydrogens (tertiary/aromatic N) is 1. The number of carbonyl (C=O) groups is 1. The lowest BCUT2D eigenvalue weighted by Gasteiger charge is -2.27. The van der Waals surface area contributed by atoms with Crippen LogP contribution < -0.4 is 0 Å². The second-order valence-electron chi connectivity index (χ2n) is 5.77. The first kappa shape index (κ1) is 14.3. The van der Waals surface area contributed by atoms with Crippen LogP contribution in [0.25, 0.3) is 0 Å². The Hall–Kier alpha value is -1.15. The van der Waals surface area contributed by atoms with Crippen LogP contribution in [0, 0.1) is 6.92 Å². The number of likely N-dealkylation sites (tertiary alicyclic amines) is 1. The van der Waals surface area contributed by atoms with Crippen LogP contribution in [0.2, 0.25) is 0 Å². The van der Waals surface area contributed by atoms with Crippen molar-refractivity contribution in [3.05, 3.63) is 35.4 Å². The van der Waals surface area contributed by atoms with E-state index in [0.717, 1.165) is 12.1 Å². The number of hydrogen-bond donors (Lipinski definition) is 0. The summed E-state index contributed by atoms with van der Waals surface area (Å²) in [6.45, 7) is 7.49. The summed E-state index contributed by atoms with van der Waals surface area (Å²) in [7, 11) is 0. The molecule has 1 heterocycles. The highest BCUT2D eigenvalue weighted by molar-refractivity contribution is 5.96. The van der Waals surface area contributed by atoms with Gasteiger partial charge < -0.3 is 0 Å². The van der Waals surface area contributed by atoms with Gasteiger partial charge in [-0.1, -0.05) is 36.8 Å². The average molecular weight is 259 g/mol. The summed E-state index contributed by atoms with van der Waals surface area (Å²) >= 11 is 0. The summed E-state index contributed by atoms with van der Waals surface area (Å²) < 4.78 is 0. The third-order valence-corrected chi connectivity index (χ3v) is 4.39. The summed E-state index contributed by atoms with van der Waals surface area (Å²) in [5, 5.41) is 0. The topological polar surface area (TPSA) is 20.3 Å². The van der Waals surface area contributed by atoms with Gasteiger partial charge in [-0.15, -0.1) is 0 Å². The van der Waals surface area contributed by atoms with Gasteiger partial charge in [0.15, 0.2) is 5.78 Å². The molecule has 0 spiro atoms. The van der Waals surface area contributed by atoms with E-state index in [0.29, 0.717) is 18.5 Å². The van der Waals surface area contributed by atoms with E-state index in [1.165, 1.54) is 24.8 Å². The van der Waals surface area contributed by atoms with Gasteiger partial charge in [0, 0.05) is 30.6 Å². The van der Waals surface area contributed by atoms with Gasteiger partial charge in [0.2, 0.25) is 0 Å². The van der Waals surface area contributed by atoms with Crippen molar-refractivity contribution in [3.8, 4) is 0 Å². The Morgan fingerprint density at radius 3 is 2.58 bits per heavy atom. The highest BCUT2D eigenvalue weighted by Crippen LogP contribution is 2.26. The Labute approximate surface area is 116 Å². The van der Waals surface area contributed by atoms with Gasteiger partial charge in [-0.2, -0.15) is 0 Å². The quantitative estimate of drug-likeness (QED) is 0.749. The van der Waals surface area contributed by atoms with Gasteiger partial charge in [-0.05, 0) is 33.1 Å². The zero-order valence-electron chi connectivity index (χ0n) is 12.4. The fourth-order valence-corrected chi connectivity index (χ4v) is 3.08. The molecule has 0 aliphatic carbocycles. The second-order valence-corrected chi connectivity index (χ2v) is 5.77. The molecule has 19 heavy (non-hydrogen) atoms. The van der Waals surface area contributed by atoms with Crippen LogP contribution in [-0.2, 0) is 0 Å². The van der Waals surface area contributed by atoms with Crippen LogP contribution in [0.5, 0.6) is 0 Å². The van der Waals surface area contributed by atoms with Crippen LogP contribution in [0.15, 0.2) is 24.3 Å². The summed E-state index contributed by atoms with van der Waals surface area (Å²) in [5.74, 6) is 0.272. The third-order valence-electron chi connectivity index (χ3n) is 4.39. The molecular weight excluding hydrogens is 234 g/mol. The second kappa shape index (κ2) is 6.33. The molecule has 0 N–H and O–H groups in total. The number of hydrogen-bond acceptors (Lipinski definition) is 2. The van der Waals surface area contributed by atoms with Crippen molar-refractivity contribution >= 4 is 5.78 Å². The minimum Gasteiger partial charge on any atom is -0.297 e.